The third-order valence-electron chi connectivity index (χ3n) is 3.06. The van der Waals surface area contributed by atoms with Gasteiger partial charge in [0.15, 0.2) is 0 Å². The molecule has 1 atom stereocenters. The van der Waals surface area contributed by atoms with E-state index in [-0.39, 0.29) is 0 Å². The third kappa shape index (κ3) is 2.60. The van der Waals surface area contributed by atoms with Gasteiger partial charge in [-0.25, -0.2) is 4.68 Å². The Balaban J connectivity index is 1.76. The zero-order valence-electron chi connectivity index (χ0n) is 11.1. The van der Waals surface area contributed by atoms with Crippen molar-refractivity contribution in [1.82, 2.24) is 24.8 Å². The summed E-state index contributed by atoms with van der Waals surface area (Å²) in [5, 5.41) is 22.3. The van der Waals surface area contributed by atoms with E-state index in [4.69, 9.17) is 0 Å². The molecule has 0 aliphatic heterocycles. The van der Waals surface area contributed by atoms with Gasteiger partial charge < -0.3 is 5.11 Å². The predicted octanol–water partition coefficient (Wildman–Crippen LogP) is 1.28. The standard InChI is InChI=1S/C14H15N5O/c1-18-10-12(16-17-18)7-14(20)11-8-15-19(9-11)13-5-3-2-4-6-13/h2-6,8-10,14,20H,7H2,1H3. The van der Waals surface area contributed by atoms with Crippen LogP contribution in [0.2, 0.25) is 0 Å². The van der Waals surface area contributed by atoms with Crippen LogP contribution in [0.25, 0.3) is 5.69 Å². The number of rotatable bonds is 4. The number of aliphatic hydroxyl groups is 1. The topological polar surface area (TPSA) is 68.8 Å². The molecule has 0 saturated heterocycles. The summed E-state index contributed by atoms with van der Waals surface area (Å²) in [4.78, 5) is 0. The molecule has 0 saturated carbocycles. The van der Waals surface area contributed by atoms with E-state index in [2.05, 4.69) is 15.4 Å². The van der Waals surface area contributed by atoms with E-state index in [0.717, 1.165) is 16.9 Å². The van der Waals surface area contributed by atoms with Crippen molar-refractivity contribution < 1.29 is 5.11 Å². The number of para-hydroxylation sites is 1. The van der Waals surface area contributed by atoms with Crippen LogP contribution in [0.3, 0.4) is 0 Å². The molecule has 1 aromatic carbocycles. The fraction of sp³-hybridized carbons (Fsp3) is 0.214. The Morgan fingerprint density at radius 2 is 2.00 bits per heavy atom. The first-order valence-electron chi connectivity index (χ1n) is 6.35. The molecule has 0 amide bonds. The lowest BCUT2D eigenvalue weighted by molar-refractivity contribution is 0.177. The molecule has 6 nitrogen and oxygen atoms in total. The molecule has 102 valence electrons. The Morgan fingerprint density at radius 1 is 1.20 bits per heavy atom. The molecule has 0 radical (unpaired) electrons. The monoisotopic (exact) mass is 269 g/mol. The van der Waals surface area contributed by atoms with Crippen molar-refractivity contribution in [1.29, 1.82) is 0 Å². The van der Waals surface area contributed by atoms with Crippen LogP contribution < -0.4 is 0 Å². The predicted molar refractivity (Wildman–Crippen MR) is 73.2 cm³/mol. The van der Waals surface area contributed by atoms with Gasteiger partial charge in [0.05, 0.1) is 23.7 Å². The van der Waals surface area contributed by atoms with Gasteiger partial charge in [0.1, 0.15) is 0 Å². The first kappa shape index (κ1) is 12.6. The van der Waals surface area contributed by atoms with Crippen molar-refractivity contribution in [3.8, 4) is 5.69 Å². The average Bonchev–Trinajstić information content (AvgIpc) is 3.09. The first-order valence-corrected chi connectivity index (χ1v) is 6.35. The fourth-order valence-corrected chi connectivity index (χ4v) is 2.04. The highest BCUT2D eigenvalue weighted by atomic mass is 16.3. The lowest BCUT2D eigenvalue weighted by Crippen LogP contribution is -2.01. The zero-order valence-corrected chi connectivity index (χ0v) is 11.1. The summed E-state index contributed by atoms with van der Waals surface area (Å²) in [6.07, 6.45) is 5.09. The van der Waals surface area contributed by atoms with E-state index in [0.29, 0.717) is 6.42 Å². The summed E-state index contributed by atoms with van der Waals surface area (Å²) in [6, 6.07) is 9.79. The number of hydrogen-bond donors (Lipinski definition) is 1. The largest absolute Gasteiger partial charge is 0.388 e. The molecule has 0 fully saturated rings. The number of nitrogens with zero attached hydrogens (tertiary/aromatic N) is 5. The highest BCUT2D eigenvalue weighted by Gasteiger charge is 2.13. The van der Waals surface area contributed by atoms with Gasteiger partial charge >= 0.3 is 0 Å². The number of benzene rings is 1. The van der Waals surface area contributed by atoms with Gasteiger partial charge in [-0.2, -0.15) is 5.10 Å². The SMILES string of the molecule is Cn1cc(CC(O)c2cnn(-c3ccccc3)c2)nn1. The molecule has 1 N–H and O–H groups in total. The molecule has 0 aliphatic rings. The van der Waals surface area contributed by atoms with E-state index in [1.165, 1.54) is 0 Å². The second-order valence-electron chi connectivity index (χ2n) is 4.66. The lowest BCUT2D eigenvalue weighted by atomic mass is 10.1. The fourth-order valence-electron chi connectivity index (χ4n) is 2.04. The molecular weight excluding hydrogens is 254 g/mol. The minimum Gasteiger partial charge on any atom is -0.388 e. The Kier molecular flexibility index (Phi) is 3.30. The molecular formula is C14H15N5O. The van der Waals surface area contributed by atoms with Gasteiger partial charge in [-0.1, -0.05) is 23.4 Å². The summed E-state index contributed by atoms with van der Waals surface area (Å²) < 4.78 is 3.37. The van der Waals surface area contributed by atoms with Crippen LogP contribution in [0, 0.1) is 0 Å². The van der Waals surface area contributed by atoms with Gasteiger partial charge in [-0.3, -0.25) is 4.68 Å². The maximum atomic E-state index is 10.2. The molecule has 3 rings (SSSR count). The second-order valence-corrected chi connectivity index (χ2v) is 4.66. The van der Waals surface area contributed by atoms with E-state index >= 15 is 0 Å². The molecule has 6 heteroatoms. The van der Waals surface area contributed by atoms with Crippen molar-refractivity contribution in [2.45, 2.75) is 12.5 Å². The Bertz CT molecular complexity index is 688. The molecule has 0 bridgehead atoms. The molecule has 3 aromatic rings. The lowest BCUT2D eigenvalue weighted by Gasteiger charge is -2.05. The van der Waals surface area contributed by atoms with Crippen molar-refractivity contribution in [2.24, 2.45) is 7.05 Å². The van der Waals surface area contributed by atoms with Gasteiger partial charge in [0, 0.05) is 31.4 Å². The summed E-state index contributed by atoms with van der Waals surface area (Å²) in [7, 11) is 1.80. The summed E-state index contributed by atoms with van der Waals surface area (Å²) in [5.41, 5.74) is 2.48. The quantitative estimate of drug-likeness (QED) is 0.774. The van der Waals surface area contributed by atoms with Crippen molar-refractivity contribution >= 4 is 0 Å². The zero-order chi connectivity index (χ0) is 13.9. The molecule has 2 aromatic heterocycles. The molecule has 0 spiro atoms. The van der Waals surface area contributed by atoms with Gasteiger partial charge in [-0.05, 0) is 12.1 Å². The van der Waals surface area contributed by atoms with E-state index in [1.807, 2.05) is 36.5 Å². The van der Waals surface area contributed by atoms with Crippen molar-refractivity contribution in [3.63, 3.8) is 0 Å². The van der Waals surface area contributed by atoms with Gasteiger partial charge in [-0.15, -0.1) is 5.10 Å². The van der Waals surface area contributed by atoms with Crippen LogP contribution in [0.1, 0.15) is 17.4 Å². The molecule has 2 heterocycles. The second kappa shape index (κ2) is 5.26. The van der Waals surface area contributed by atoms with Crippen molar-refractivity contribution in [2.75, 3.05) is 0 Å². The maximum Gasteiger partial charge on any atom is 0.0877 e. The summed E-state index contributed by atoms with van der Waals surface area (Å²) in [6.45, 7) is 0. The van der Waals surface area contributed by atoms with Crippen molar-refractivity contribution in [3.05, 3.63) is 60.2 Å². The number of hydrogen-bond acceptors (Lipinski definition) is 4. The number of aliphatic hydroxyl groups excluding tert-OH is 1. The maximum absolute atomic E-state index is 10.2. The third-order valence-corrected chi connectivity index (χ3v) is 3.06. The van der Waals surface area contributed by atoms with Gasteiger partial charge in [0.2, 0.25) is 0 Å². The Labute approximate surface area is 116 Å². The summed E-state index contributed by atoms with van der Waals surface area (Å²) >= 11 is 0. The van der Waals surface area contributed by atoms with E-state index in [9.17, 15) is 5.11 Å². The normalized spacial score (nSPS) is 12.5. The highest BCUT2D eigenvalue weighted by Crippen LogP contribution is 2.18. The van der Waals surface area contributed by atoms with Crippen LogP contribution in [0.15, 0.2) is 48.9 Å². The van der Waals surface area contributed by atoms with E-state index in [1.54, 1.807) is 28.8 Å². The molecule has 20 heavy (non-hydrogen) atoms. The molecule has 0 aliphatic carbocycles. The number of aromatic nitrogens is 5. The Hall–Kier alpha value is -2.47. The average molecular weight is 269 g/mol. The van der Waals surface area contributed by atoms with E-state index < -0.39 is 6.10 Å². The smallest absolute Gasteiger partial charge is 0.0877 e. The first-order chi connectivity index (χ1) is 9.72. The van der Waals surface area contributed by atoms with Crippen LogP contribution in [0.4, 0.5) is 0 Å². The van der Waals surface area contributed by atoms with Crippen LogP contribution in [-0.2, 0) is 13.5 Å². The van der Waals surface area contributed by atoms with Gasteiger partial charge in [0.25, 0.3) is 0 Å². The summed E-state index contributed by atoms with van der Waals surface area (Å²) in [5.74, 6) is 0. The van der Waals surface area contributed by atoms with Crippen LogP contribution >= 0.6 is 0 Å². The minimum atomic E-state index is -0.635. The Morgan fingerprint density at radius 3 is 2.70 bits per heavy atom. The van der Waals surface area contributed by atoms with Crippen LogP contribution in [0.5, 0.6) is 0 Å². The number of aryl methyl sites for hydroxylation is 1. The minimum absolute atomic E-state index is 0.425. The van der Waals surface area contributed by atoms with Crippen LogP contribution in [-0.4, -0.2) is 29.9 Å². The highest BCUT2D eigenvalue weighted by molar-refractivity contribution is 5.31. The molecule has 1 unspecified atom stereocenters.